The van der Waals surface area contributed by atoms with Crippen LogP contribution in [0.5, 0.6) is 5.75 Å². The summed E-state index contributed by atoms with van der Waals surface area (Å²) in [7, 11) is 1.61. The lowest BCUT2D eigenvalue weighted by atomic mass is 10.2. The molecule has 0 bridgehead atoms. The van der Waals surface area contributed by atoms with Crippen LogP contribution >= 0.6 is 34.8 Å². The molecule has 0 aliphatic carbocycles. The number of halogens is 3. The Hall–Kier alpha value is -1.36. The SMILES string of the molecule is COc1ccccc1/C=C/c1ncnc(C(Cl)(Cl)Cl)n1. The van der Waals surface area contributed by atoms with E-state index < -0.39 is 3.79 Å². The number of benzene rings is 1. The van der Waals surface area contributed by atoms with E-state index in [2.05, 4.69) is 15.0 Å². The van der Waals surface area contributed by atoms with Gasteiger partial charge in [0.2, 0.25) is 3.79 Å². The monoisotopic (exact) mass is 329 g/mol. The number of nitrogens with zero attached hydrogens (tertiary/aromatic N) is 3. The molecule has 0 aliphatic heterocycles. The lowest BCUT2D eigenvalue weighted by molar-refractivity contribution is 0.414. The van der Waals surface area contributed by atoms with Crippen LogP contribution in [0.25, 0.3) is 12.2 Å². The van der Waals surface area contributed by atoms with E-state index in [4.69, 9.17) is 39.5 Å². The van der Waals surface area contributed by atoms with Gasteiger partial charge in [0.1, 0.15) is 12.1 Å². The second-order valence-corrected chi connectivity index (χ2v) is 6.02. The summed E-state index contributed by atoms with van der Waals surface area (Å²) < 4.78 is 3.57. The predicted molar refractivity (Wildman–Crippen MR) is 81.0 cm³/mol. The summed E-state index contributed by atoms with van der Waals surface area (Å²) in [6, 6.07) is 7.56. The molecule has 1 heterocycles. The number of methoxy groups -OCH3 is 1. The van der Waals surface area contributed by atoms with Crippen molar-refractivity contribution in [3.8, 4) is 5.75 Å². The second-order valence-electron chi connectivity index (χ2n) is 3.74. The highest BCUT2D eigenvalue weighted by molar-refractivity contribution is 6.66. The van der Waals surface area contributed by atoms with E-state index in [1.165, 1.54) is 6.33 Å². The molecule has 0 saturated carbocycles. The molecule has 0 aliphatic rings. The lowest BCUT2D eigenvalue weighted by Gasteiger charge is -2.08. The van der Waals surface area contributed by atoms with Gasteiger partial charge in [-0.1, -0.05) is 53.0 Å². The number of alkyl halides is 3. The van der Waals surface area contributed by atoms with Crippen molar-refractivity contribution in [2.75, 3.05) is 7.11 Å². The largest absolute Gasteiger partial charge is 0.496 e. The Bertz CT molecular complexity index is 626. The van der Waals surface area contributed by atoms with Gasteiger partial charge in [-0.25, -0.2) is 15.0 Å². The van der Waals surface area contributed by atoms with Crippen molar-refractivity contribution >= 4 is 47.0 Å². The first-order valence-electron chi connectivity index (χ1n) is 5.58. The number of ether oxygens (including phenoxy) is 1. The summed E-state index contributed by atoms with van der Waals surface area (Å²) in [5, 5.41) is 0. The second kappa shape index (κ2) is 6.39. The van der Waals surface area contributed by atoms with Crippen LogP contribution < -0.4 is 4.74 Å². The molecule has 7 heteroatoms. The summed E-state index contributed by atoms with van der Waals surface area (Å²) in [6.45, 7) is 0. The van der Waals surface area contributed by atoms with Gasteiger partial charge in [0.05, 0.1) is 7.11 Å². The fourth-order valence-corrected chi connectivity index (χ4v) is 1.77. The smallest absolute Gasteiger partial charge is 0.250 e. The highest BCUT2D eigenvalue weighted by Crippen LogP contribution is 2.35. The number of hydrogen-bond acceptors (Lipinski definition) is 4. The average molecular weight is 331 g/mol. The van der Waals surface area contributed by atoms with Gasteiger partial charge in [-0.2, -0.15) is 0 Å². The molecule has 0 amide bonds. The van der Waals surface area contributed by atoms with Crippen LogP contribution in [0.1, 0.15) is 17.2 Å². The Balaban J connectivity index is 2.28. The Kier molecular flexibility index (Phi) is 4.81. The van der Waals surface area contributed by atoms with Crippen molar-refractivity contribution in [1.29, 1.82) is 0 Å². The molecular formula is C13H10Cl3N3O. The summed E-state index contributed by atoms with van der Waals surface area (Å²) in [4.78, 5) is 11.9. The van der Waals surface area contributed by atoms with Crippen LogP contribution in [0.15, 0.2) is 30.6 Å². The predicted octanol–water partition coefficient (Wildman–Crippen LogP) is 3.88. The molecule has 4 nitrogen and oxygen atoms in total. The Morgan fingerprint density at radius 2 is 1.85 bits per heavy atom. The number of hydrogen-bond donors (Lipinski definition) is 0. The first-order valence-corrected chi connectivity index (χ1v) is 6.71. The van der Waals surface area contributed by atoms with Crippen molar-refractivity contribution in [1.82, 2.24) is 15.0 Å². The van der Waals surface area contributed by atoms with Crippen LogP contribution in [0.3, 0.4) is 0 Å². The van der Waals surface area contributed by atoms with Gasteiger partial charge in [-0.3, -0.25) is 0 Å². The maximum absolute atomic E-state index is 5.73. The molecule has 0 fully saturated rings. The van der Waals surface area contributed by atoms with Gasteiger partial charge in [0, 0.05) is 5.56 Å². The minimum Gasteiger partial charge on any atom is -0.496 e. The Morgan fingerprint density at radius 1 is 1.10 bits per heavy atom. The normalized spacial score (nSPS) is 11.8. The maximum Gasteiger partial charge on any atom is 0.250 e. The molecule has 1 aromatic carbocycles. The standard InChI is InChI=1S/C13H10Cl3N3O/c1-20-10-5-3-2-4-9(10)6-7-11-17-8-18-12(19-11)13(14,15)16/h2-8H,1H3/b7-6+. The van der Waals surface area contributed by atoms with E-state index in [0.717, 1.165) is 11.3 Å². The lowest BCUT2D eigenvalue weighted by Crippen LogP contribution is -2.08. The van der Waals surface area contributed by atoms with Crippen molar-refractivity contribution < 1.29 is 4.74 Å². The zero-order valence-corrected chi connectivity index (χ0v) is 12.7. The van der Waals surface area contributed by atoms with Crippen LogP contribution in [0.2, 0.25) is 0 Å². The number of para-hydroxylation sites is 1. The first-order chi connectivity index (χ1) is 9.50. The van der Waals surface area contributed by atoms with Gasteiger partial charge in [-0.15, -0.1) is 0 Å². The third-order valence-corrected chi connectivity index (χ3v) is 2.90. The van der Waals surface area contributed by atoms with Crippen molar-refractivity contribution in [3.05, 3.63) is 47.8 Å². The molecule has 20 heavy (non-hydrogen) atoms. The maximum atomic E-state index is 5.73. The first kappa shape index (κ1) is 15.0. The summed E-state index contributed by atoms with van der Waals surface area (Å²) in [5.74, 6) is 1.23. The van der Waals surface area contributed by atoms with Crippen LogP contribution in [0.4, 0.5) is 0 Å². The molecule has 2 aromatic rings. The van der Waals surface area contributed by atoms with Gasteiger partial charge < -0.3 is 4.74 Å². The highest BCUT2D eigenvalue weighted by Gasteiger charge is 2.26. The molecule has 0 N–H and O–H groups in total. The number of aromatic nitrogens is 3. The van der Waals surface area contributed by atoms with E-state index in [1.807, 2.05) is 30.3 Å². The van der Waals surface area contributed by atoms with Crippen LogP contribution in [-0.2, 0) is 3.79 Å². The molecular weight excluding hydrogens is 321 g/mol. The molecule has 0 atom stereocenters. The van der Waals surface area contributed by atoms with Crippen molar-refractivity contribution in [2.45, 2.75) is 3.79 Å². The quantitative estimate of drug-likeness (QED) is 0.801. The van der Waals surface area contributed by atoms with Gasteiger partial charge >= 0.3 is 0 Å². The molecule has 0 saturated heterocycles. The summed E-state index contributed by atoms with van der Waals surface area (Å²) in [5.41, 5.74) is 0.894. The van der Waals surface area contributed by atoms with E-state index in [1.54, 1.807) is 13.2 Å². The van der Waals surface area contributed by atoms with Gasteiger partial charge in [0.25, 0.3) is 0 Å². The molecule has 0 radical (unpaired) electrons. The van der Waals surface area contributed by atoms with Gasteiger partial charge in [-0.05, 0) is 18.2 Å². The van der Waals surface area contributed by atoms with E-state index >= 15 is 0 Å². The zero-order valence-electron chi connectivity index (χ0n) is 10.4. The third-order valence-electron chi connectivity index (χ3n) is 2.39. The van der Waals surface area contributed by atoms with E-state index in [0.29, 0.717) is 5.82 Å². The Morgan fingerprint density at radius 3 is 2.55 bits per heavy atom. The average Bonchev–Trinajstić information content (AvgIpc) is 2.45. The fourth-order valence-electron chi connectivity index (χ4n) is 1.49. The minimum atomic E-state index is -1.67. The number of rotatable bonds is 3. The molecule has 2 rings (SSSR count). The van der Waals surface area contributed by atoms with Crippen molar-refractivity contribution in [2.24, 2.45) is 0 Å². The van der Waals surface area contributed by atoms with Crippen LogP contribution in [-0.4, -0.2) is 22.1 Å². The summed E-state index contributed by atoms with van der Waals surface area (Å²) in [6.07, 6.45) is 4.81. The third kappa shape index (κ3) is 3.82. The minimum absolute atomic E-state index is 0.0807. The van der Waals surface area contributed by atoms with E-state index in [9.17, 15) is 0 Å². The Labute approximate surface area is 131 Å². The fraction of sp³-hybridized carbons (Fsp3) is 0.154. The van der Waals surface area contributed by atoms with Crippen LogP contribution in [0, 0.1) is 0 Å². The van der Waals surface area contributed by atoms with Gasteiger partial charge in [0.15, 0.2) is 11.6 Å². The zero-order chi connectivity index (χ0) is 14.6. The van der Waals surface area contributed by atoms with Crippen molar-refractivity contribution in [3.63, 3.8) is 0 Å². The molecule has 104 valence electrons. The topological polar surface area (TPSA) is 47.9 Å². The molecule has 1 aromatic heterocycles. The molecule has 0 spiro atoms. The molecule has 0 unspecified atom stereocenters. The van der Waals surface area contributed by atoms with E-state index in [-0.39, 0.29) is 5.82 Å². The summed E-state index contributed by atoms with van der Waals surface area (Å²) >= 11 is 17.2. The highest BCUT2D eigenvalue weighted by atomic mass is 35.6.